The molecule has 0 spiro atoms. The topological polar surface area (TPSA) is 236 Å². The van der Waals surface area contributed by atoms with Gasteiger partial charge in [-0.1, -0.05) is 299 Å². The van der Waals surface area contributed by atoms with Gasteiger partial charge in [-0.15, -0.1) is 30.6 Å². The second kappa shape index (κ2) is 60.5. The first-order chi connectivity index (χ1) is 46.0. The Morgan fingerprint density at radius 2 is 0.521 bits per heavy atom. The summed E-state index contributed by atoms with van der Waals surface area (Å²) >= 11 is 5.02. The molecule has 0 saturated carbocycles. The van der Waals surface area contributed by atoms with Gasteiger partial charge < -0.3 is 35.7 Å². The van der Waals surface area contributed by atoms with E-state index >= 15 is 0 Å². The van der Waals surface area contributed by atoms with Crippen molar-refractivity contribution in [1.29, 1.82) is 0 Å². The normalized spacial score (nSPS) is 10.9. The van der Waals surface area contributed by atoms with Crippen molar-refractivity contribution in [3.8, 4) is 49.0 Å². The Morgan fingerprint density at radius 1 is 0.319 bits per heavy atom. The monoisotopic (exact) mass is 1360 g/mol. The molecule has 6 rings (SSSR count). The number of aromatic nitrogens is 6. The van der Waals surface area contributed by atoms with E-state index in [0.717, 1.165) is 78.8 Å². The maximum atomic E-state index is 9.76. The summed E-state index contributed by atoms with van der Waals surface area (Å²) in [6.45, 7) is 8.09. The molecular formula is C77H126N6O8S3. The number of carboxylic acid groups (broad SMARTS) is 1. The van der Waals surface area contributed by atoms with E-state index in [1.807, 2.05) is 43.3 Å². The maximum absolute atomic E-state index is 9.76. The van der Waals surface area contributed by atoms with Crippen LogP contribution in [-0.4, -0.2) is 91.6 Å². The molecule has 0 aliphatic carbocycles. The molecule has 0 aliphatic heterocycles. The average molecular weight is 1360 g/mol. The Bertz CT molecular complexity index is 2350. The molecule has 0 atom stereocenters. The number of carbonyl (C=O) groups is 1. The van der Waals surface area contributed by atoms with Crippen LogP contribution in [0.4, 0.5) is 0 Å². The first-order valence-electron chi connectivity index (χ1n) is 36.9. The van der Waals surface area contributed by atoms with Crippen molar-refractivity contribution in [3.05, 3.63) is 87.8 Å². The van der Waals surface area contributed by atoms with E-state index in [1.54, 1.807) is 70.4 Å². The maximum Gasteiger partial charge on any atom is 0.303 e. The summed E-state index contributed by atoms with van der Waals surface area (Å²) in [6.07, 6.45) is 58.2. The molecule has 0 saturated heterocycles. The van der Waals surface area contributed by atoms with Crippen molar-refractivity contribution in [2.24, 2.45) is 0 Å². The summed E-state index contributed by atoms with van der Waals surface area (Å²) in [5.74, 6) is 0.170. The highest BCUT2D eigenvalue weighted by atomic mass is 32.1. The van der Waals surface area contributed by atoms with E-state index in [0.29, 0.717) is 6.42 Å². The number of aliphatic hydroxyl groups is 3. The number of rotatable bonds is 50. The number of phenols is 3. The minimum Gasteiger partial charge on any atom is -0.508 e. The molecule has 0 fully saturated rings. The van der Waals surface area contributed by atoms with Crippen molar-refractivity contribution in [1.82, 2.24) is 30.6 Å². The Balaban J connectivity index is 0.000000437. The van der Waals surface area contributed by atoms with Crippen molar-refractivity contribution < 1.29 is 40.5 Å². The number of aliphatic hydroxyl groups excluding tert-OH is 3. The van der Waals surface area contributed by atoms with Crippen LogP contribution in [0.25, 0.3) is 31.7 Å². The third-order valence-corrected chi connectivity index (χ3v) is 19.5. The fraction of sp³-hybridized carbons (Fsp3) is 0.675. The largest absolute Gasteiger partial charge is 0.508 e. The number of benzene rings is 3. The molecule has 530 valence electrons. The molecule has 0 radical (unpaired) electrons. The lowest BCUT2D eigenvalue weighted by Crippen LogP contribution is -2.15. The third-order valence-electron chi connectivity index (χ3n) is 16.4. The quantitative estimate of drug-likeness (QED) is 0.0176. The summed E-state index contributed by atoms with van der Waals surface area (Å²) in [5, 5.41) is 92.2. The second-order valence-corrected chi connectivity index (χ2v) is 28.3. The smallest absolute Gasteiger partial charge is 0.303 e. The van der Waals surface area contributed by atoms with Gasteiger partial charge in [-0.05, 0) is 98.5 Å². The zero-order valence-electron chi connectivity index (χ0n) is 58.7. The van der Waals surface area contributed by atoms with Gasteiger partial charge in [0.25, 0.3) is 0 Å². The van der Waals surface area contributed by atoms with Gasteiger partial charge in [-0.3, -0.25) is 4.79 Å². The van der Waals surface area contributed by atoms with Crippen LogP contribution in [0.1, 0.15) is 312 Å². The zero-order valence-corrected chi connectivity index (χ0v) is 61.1. The van der Waals surface area contributed by atoms with Crippen LogP contribution >= 0.6 is 34.0 Å². The van der Waals surface area contributed by atoms with Gasteiger partial charge in [0.2, 0.25) is 0 Å². The highest BCUT2D eigenvalue weighted by Crippen LogP contribution is 2.29. The summed E-state index contributed by atoms with van der Waals surface area (Å²) in [7, 11) is 0. The van der Waals surface area contributed by atoms with E-state index < -0.39 is 12.1 Å². The van der Waals surface area contributed by atoms with Crippen molar-refractivity contribution >= 4 is 40.0 Å². The van der Waals surface area contributed by atoms with Crippen LogP contribution < -0.4 is 0 Å². The van der Waals surface area contributed by atoms with Gasteiger partial charge >= 0.3 is 5.97 Å². The Hall–Kier alpha value is -4.91. The van der Waals surface area contributed by atoms with Gasteiger partial charge in [-0.25, -0.2) is 0 Å². The van der Waals surface area contributed by atoms with Gasteiger partial charge in [0, 0.05) is 42.4 Å². The average Bonchev–Trinajstić information content (AvgIpc) is 1.83. The predicted molar refractivity (Wildman–Crippen MR) is 397 cm³/mol. The molecule has 6 aromatic rings. The van der Waals surface area contributed by atoms with Crippen LogP contribution in [0.2, 0.25) is 0 Å². The number of unbranched alkanes of at least 4 members (excludes halogenated alkanes) is 37. The molecule has 0 bridgehead atoms. The van der Waals surface area contributed by atoms with Crippen LogP contribution in [0.15, 0.2) is 72.8 Å². The molecule has 17 heteroatoms. The fourth-order valence-electron chi connectivity index (χ4n) is 10.5. The summed E-state index contributed by atoms with van der Waals surface area (Å²) in [4.78, 5) is 9.76. The molecule has 0 amide bonds. The molecule has 14 nitrogen and oxygen atoms in total. The van der Waals surface area contributed by atoms with Crippen LogP contribution in [-0.2, 0) is 24.1 Å². The summed E-state index contributed by atoms with van der Waals surface area (Å²) < 4.78 is 0. The molecule has 0 unspecified atom stereocenters. The van der Waals surface area contributed by atoms with Gasteiger partial charge in [0.15, 0.2) is 0 Å². The van der Waals surface area contributed by atoms with Gasteiger partial charge in [-0.2, -0.15) is 0 Å². The zero-order chi connectivity index (χ0) is 68.2. The molecule has 94 heavy (non-hydrogen) atoms. The van der Waals surface area contributed by atoms with Gasteiger partial charge in [0.1, 0.15) is 53.4 Å². The second-order valence-electron chi connectivity index (χ2n) is 25.1. The summed E-state index contributed by atoms with van der Waals surface area (Å²) in [6, 6.07) is 21.5. The highest BCUT2D eigenvalue weighted by Gasteiger charge is 2.10. The molecule has 0 aliphatic rings. The number of aromatic hydroxyl groups is 3. The number of phenolic OH excluding ortho intramolecular Hbond substituents is 3. The van der Waals surface area contributed by atoms with Crippen molar-refractivity contribution in [3.63, 3.8) is 0 Å². The lowest BCUT2D eigenvalue weighted by Gasteiger charge is -2.02. The standard InChI is InChI=1S/3C23H36N2OS.C5H10O2.C3H8O3/c3*1-2-3-4-5-6-7-8-9-10-11-12-13-14-15-22-24-25-23(27-22)20-16-18-21(26)19-17-20;1-2-3-4-5(6)7;4-1-3(6)2-5/h3*16-19,26H,2-15H2,1H3;2-4H2,1H3,(H,6,7);3-6H,1-2H2. The van der Waals surface area contributed by atoms with Crippen LogP contribution in [0, 0.1) is 0 Å². The molecular weight excluding hydrogens is 1230 g/mol. The number of aliphatic carboxylic acids is 1. The SMILES string of the molecule is CCCCC(=O)O.CCCCCCCCCCCCCCCc1nnc(-c2ccc(O)cc2)s1.CCCCCCCCCCCCCCCc1nnc(-c2ccc(O)cc2)s1.CCCCCCCCCCCCCCCc1nnc(-c2ccc(O)cc2)s1.OCC(O)CO. The fourth-order valence-corrected chi connectivity index (χ4v) is 13.2. The lowest BCUT2D eigenvalue weighted by molar-refractivity contribution is -0.137. The Morgan fingerprint density at radius 3 is 0.691 bits per heavy atom. The summed E-state index contributed by atoms with van der Waals surface area (Å²) in [5.41, 5.74) is 3.09. The minimum atomic E-state index is -0.954. The van der Waals surface area contributed by atoms with E-state index in [1.165, 1.54) is 250 Å². The molecule has 7 N–H and O–H groups in total. The number of hydrogen-bond donors (Lipinski definition) is 7. The predicted octanol–water partition coefficient (Wildman–Crippen LogP) is 22.2. The van der Waals surface area contributed by atoms with Crippen LogP contribution in [0.5, 0.6) is 17.2 Å². The molecule has 3 aromatic carbocycles. The molecule has 3 aromatic heterocycles. The number of aryl methyl sites for hydroxylation is 3. The van der Waals surface area contributed by atoms with E-state index in [9.17, 15) is 20.1 Å². The lowest BCUT2D eigenvalue weighted by atomic mass is 10.0. The highest BCUT2D eigenvalue weighted by molar-refractivity contribution is 7.15. The number of hydrogen-bond acceptors (Lipinski definition) is 16. The van der Waals surface area contributed by atoms with Crippen molar-refractivity contribution in [2.45, 2.75) is 323 Å². The first-order valence-corrected chi connectivity index (χ1v) is 39.4. The van der Waals surface area contributed by atoms with Gasteiger partial charge in [0.05, 0.1) is 13.2 Å². The molecule has 3 heterocycles. The number of nitrogens with zero attached hydrogens (tertiary/aromatic N) is 6. The van der Waals surface area contributed by atoms with E-state index in [4.69, 9.17) is 20.4 Å². The number of carboxylic acids is 1. The van der Waals surface area contributed by atoms with Crippen molar-refractivity contribution in [2.75, 3.05) is 13.2 Å². The third kappa shape index (κ3) is 47.1. The van der Waals surface area contributed by atoms with Crippen LogP contribution in [0.3, 0.4) is 0 Å². The Labute approximate surface area is 580 Å². The first kappa shape index (κ1) is 85.2. The van der Waals surface area contributed by atoms with E-state index in [2.05, 4.69) is 51.4 Å². The minimum absolute atomic E-state index is 0.287. The van der Waals surface area contributed by atoms with E-state index in [-0.39, 0.29) is 30.5 Å². The Kier molecular flexibility index (Phi) is 54.8.